The van der Waals surface area contributed by atoms with Crippen molar-refractivity contribution in [3.8, 4) is 29.1 Å². The van der Waals surface area contributed by atoms with Gasteiger partial charge >= 0.3 is 0 Å². The van der Waals surface area contributed by atoms with E-state index in [2.05, 4.69) is 6.07 Å². The van der Waals surface area contributed by atoms with Gasteiger partial charge in [0, 0.05) is 6.42 Å². The monoisotopic (exact) mass is 311 g/mol. The van der Waals surface area contributed by atoms with Gasteiger partial charge in [0.15, 0.2) is 0 Å². The summed E-state index contributed by atoms with van der Waals surface area (Å²) in [4.78, 5) is 0. The van der Waals surface area contributed by atoms with Gasteiger partial charge in [-0.3, -0.25) is 0 Å². The zero-order valence-electron chi connectivity index (χ0n) is 13.0. The summed E-state index contributed by atoms with van der Waals surface area (Å²) in [7, 11) is 3.22. The molecule has 0 aromatic heterocycles. The fraction of sp³-hybridized carbons (Fsp3) is 0.278. The minimum absolute atomic E-state index is 0.299. The Hall–Kier alpha value is -2.87. The number of ether oxygens (including phenoxy) is 4. The third kappa shape index (κ3) is 3.16. The highest BCUT2D eigenvalue weighted by molar-refractivity contribution is 5.35. The van der Waals surface area contributed by atoms with E-state index in [4.69, 9.17) is 18.9 Å². The molecule has 118 valence electrons. The Kier molecular flexibility index (Phi) is 3.98. The van der Waals surface area contributed by atoms with E-state index in [0.717, 1.165) is 11.5 Å². The topological polar surface area (TPSA) is 60.7 Å². The van der Waals surface area contributed by atoms with Crippen molar-refractivity contribution in [3.63, 3.8) is 0 Å². The van der Waals surface area contributed by atoms with E-state index >= 15 is 0 Å². The summed E-state index contributed by atoms with van der Waals surface area (Å²) in [5, 5.41) is 9.21. The van der Waals surface area contributed by atoms with Crippen LogP contribution in [0.25, 0.3) is 0 Å². The molecular formula is C18H17NO4. The van der Waals surface area contributed by atoms with Gasteiger partial charge in [-0.2, -0.15) is 5.26 Å². The summed E-state index contributed by atoms with van der Waals surface area (Å²) < 4.78 is 22.1. The molecule has 1 aliphatic rings. The molecule has 0 saturated heterocycles. The van der Waals surface area contributed by atoms with Crippen molar-refractivity contribution in [3.05, 3.63) is 48.5 Å². The van der Waals surface area contributed by atoms with Crippen LogP contribution in [0.1, 0.15) is 6.42 Å². The van der Waals surface area contributed by atoms with Gasteiger partial charge in [-0.05, 0) is 48.5 Å². The summed E-state index contributed by atoms with van der Waals surface area (Å²) in [6, 6.07) is 16.6. The summed E-state index contributed by atoms with van der Waals surface area (Å²) >= 11 is 0. The van der Waals surface area contributed by atoms with Crippen molar-refractivity contribution in [1.29, 1.82) is 5.26 Å². The van der Waals surface area contributed by atoms with E-state index in [1.165, 1.54) is 0 Å². The lowest BCUT2D eigenvalue weighted by Crippen LogP contribution is -2.28. The molecule has 3 rings (SSSR count). The maximum Gasteiger partial charge on any atom is 0.268 e. The SMILES string of the molecule is COc1ccc(OC2(Oc3ccc(OC)cc3)CC2C#N)cc1. The first-order valence-corrected chi connectivity index (χ1v) is 7.25. The average Bonchev–Trinajstić information content (AvgIpc) is 3.28. The second-order valence-corrected chi connectivity index (χ2v) is 5.25. The quantitative estimate of drug-likeness (QED) is 0.765. The van der Waals surface area contributed by atoms with Gasteiger partial charge in [0.05, 0.1) is 20.3 Å². The smallest absolute Gasteiger partial charge is 0.268 e. The summed E-state index contributed by atoms with van der Waals surface area (Å²) in [6.07, 6.45) is 0.529. The number of methoxy groups -OCH3 is 2. The van der Waals surface area contributed by atoms with Crippen molar-refractivity contribution in [2.45, 2.75) is 12.2 Å². The van der Waals surface area contributed by atoms with E-state index in [9.17, 15) is 5.26 Å². The molecular weight excluding hydrogens is 294 g/mol. The van der Waals surface area contributed by atoms with Gasteiger partial charge in [-0.1, -0.05) is 0 Å². The Morgan fingerprint density at radius 1 is 0.826 bits per heavy atom. The van der Waals surface area contributed by atoms with Gasteiger partial charge in [0.2, 0.25) is 0 Å². The first kappa shape index (κ1) is 15.0. The maximum absolute atomic E-state index is 9.21. The summed E-state index contributed by atoms with van der Waals surface area (Å²) in [5.41, 5.74) is 0. The fourth-order valence-corrected chi connectivity index (χ4v) is 2.30. The lowest BCUT2D eigenvalue weighted by atomic mass is 10.3. The minimum atomic E-state index is -0.933. The molecule has 0 heterocycles. The molecule has 1 saturated carbocycles. The highest BCUT2D eigenvalue weighted by atomic mass is 16.7. The molecule has 1 atom stereocenters. The van der Waals surface area contributed by atoms with Crippen molar-refractivity contribution >= 4 is 0 Å². The summed E-state index contributed by atoms with van der Waals surface area (Å²) in [6.45, 7) is 0. The van der Waals surface area contributed by atoms with Crippen LogP contribution in [-0.4, -0.2) is 20.0 Å². The second-order valence-electron chi connectivity index (χ2n) is 5.25. The van der Waals surface area contributed by atoms with Crippen molar-refractivity contribution in [2.75, 3.05) is 14.2 Å². The molecule has 5 nitrogen and oxygen atoms in total. The van der Waals surface area contributed by atoms with Crippen molar-refractivity contribution in [1.82, 2.24) is 0 Å². The molecule has 2 aromatic rings. The van der Waals surface area contributed by atoms with E-state index in [-0.39, 0.29) is 5.92 Å². The Labute approximate surface area is 135 Å². The van der Waals surface area contributed by atoms with Gasteiger partial charge in [-0.25, -0.2) is 0 Å². The highest BCUT2D eigenvalue weighted by Gasteiger charge is 2.61. The van der Waals surface area contributed by atoms with E-state index in [1.54, 1.807) is 62.8 Å². The van der Waals surface area contributed by atoms with Crippen LogP contribution in [-0.2, 0) is 0 Å². The number of hydrogen-bond acceptors (Lipinski definition) is 5. The largest absolute Gasteiger partial charge is 0.497 e. The number of rotatable bonds is 6. The molecule has 2 aromatic carbocycles. The lowest BCUT2D eigenvalue weighted by molar-refractivity contribution is -0.0298. The molecule has 1 aliphatic carbocycles. The molecule has 0 bridgehead atoms. The Morgan fingerprint density at radius 3 is 1.52 bits per heavy atom. The Bertz CT molecular complexity index is 654. The van der Waals surface area contributed by atoms with E-state index in [1.807, 2.05) is 0 Å². The van der Waals surface area contributed by atoms with Crippen LogP contribution in [0.3, 0.4) is 0 Å². The Morgan fingerprint density at radius 2 is 1.22 bits per heavy atom. The van der Waals surface area contributed by atoms with Gasteiger partial charge < -0.3 is 18.9 Å². The third-order valence-corrected chi connectivity index (χ3v) is 3.72. The third-order valence-electron chi connectivity index (χ3n) is 3.72. The van der Waals surface area contributed by atoms with Crippen LogP contribution in [0, 0.1) is 17.2 Å². The summed E-state index contributed by atoms with van der Waals surface area (Å²) in [5.74, 6) is 1.53. The molecule has 0 amide bonds. The van der Waals surface area contributed by atoms with Crippen LogP contribution >= 0.6 is 0 Å². The van der Waals surface area contributed by atoms with Gasteiger partial charge in [0.25, 0.3) is 5.79 Å². The molecule has 0 N–H and O–H groups in total. The van der Waals surface area contributed by atoms with Crippen LogP contribution in [0.4, 0.5) is 0 Å². The molecule has 1 fully saturated rings. The van der Waals surface area contributed by atoms with Crippen LogP contribution in [0.15, 0.2) is 48.5 Å². The number of nitriles is 1. The minimum Gasteiger partial charge on any atom is -0.497 e. The van der Waals surface area contributed by atoms with Crippen LogP contribution in [0.5, 0.6) is 23.0 Å². The van der Waals surface area contributed by atoms with Gasteiger partial charge in [-0.15, -0.1) is 0 Å². The molecule has 0 aliphatic heterocycles. The first-order valence-electron chi connectivity index (χ1n) is 7.25. The zero-order valence-corrected chi connectivity index (χ0v) is 13.0. The number of hydrogen-bond donors (Lipinski definition) is 0. The normalized spacial score (nSPS) is 17.7. The predicted molar refractivity (Wildman–Crippen MR) is 83.7 cm³/mol. The average molecular weight is 311 g/mol. The lowest BCUT2D eigenvalue weighted by Gasteiger charge is -2.20. The van der Waals surface area contributed by atoms with E-state index < -0.39 is 5.79 Å². The predicted octanol–water partition coefficient (Wildman–Crippen LogP) is 3.40. The van der Waals surface area contributed by atoms with Gasteiger partial charge in [0.1, 0.15) is 28.9 Å². The van der Waals surface area contributed by atoms with Crippen molar-refractivity contribution < 1.29 is 18.9 Å². The van der Waals surface area contributed by atoms with Crippen molar-refractivity contribution in [2.24, 2.45) is 5.92 Å². The first-order chi connectivity index (χ1) is 11.2. The molecule has 1 unspecified atom stereocenters. The Balaban J connectivity index is 1.75. The molecule has 0 spiro atoms. The van der Waals surface area contributed by atoms with Crippen LogP contribution in [0.2, 0.25) is 0 Å². The molecule has 23 heavy (non-hydrogen) atoms. The highest BCUT2D eigenvalue weighted by Crippen LogP contribution is 2.48. The van der Waals surface area contributed by atoms with Crippen LogP contribution < -0.4 is 18.9 Å². The fourth-order valence-electron chi connectivity index (χ4n) is 2.30. The molecule has 5 heteroatoms. The maximum atomic E-state index is 9.21. The number of benzene rings is 2. The standard InChI is InChI=1S/C18H17NO4/c1-20-14-3-7-16(8-4-14)22-18(11-13(18)12-19)23-17-9-5-15(21-2)6-10-17/h3-10,13H,11H2,1-2H3. The second kappa shape index (κ2) is 6.09. The zero-order chi connectivity index (χ0) is 16.3. The van der Waals surface area contributed by atoms with E-state index in [0.29, 0.717) is 17.9 Å². The number of nitrogens with zero attached hydrogens (tertiary/aromatic N) is 1. The molecule has 0 radical (unpaired) electrons.